The molecule has 2 aliphatic rings. The Kier molecular flexibility index (Phi) is 3.11. The molecule has 0 saturated heterocycles. The lowest BCUT2D eigenvalue weighted by Gasteiger charge is -2.61. The molecule has 0 aromatic heterocycles. The van der Waals surface area contributed by atoms with Crippen molar-refractivity contribution in [1.82, 2.24) is 0 Å². The van der Waals surface area contributed by atoms with E-state index >= 15 is 0 Å². The predicted octanol–water partition coefficient (Wildman–Crippen LogP) is 2.94. The van der Waals surface area contributed by atoms with Gasteiger partial charge in [-0.2, -0.15) is 0 Å². The van der Waals surface area contributed by atoms with Crippen LogP contribution in [0, 0.1) is 22.7 Å². The molecule has 0 amide bonds. The Labute approximate surface area is 106 Å². The lowest BCUT2D eigenvalue weighted by molar-refractivity contribution is -0.163. The second-order valence-electron chi connectivity index (χ2n) is 7.58. The van der Waals surface area contributed by atoms with Crippen molar-refractivity contribution in [2.24, 2.45) is 28.4 Å². The van der Waals surface area contributed by atoms with Crippen molar-refractivity contribution < 1.29 is 5.11 Å². The Morgan fingerprint density at radius 2 is 1.76 bits per heavy atom. The zero-order chi connectivity index (χ0) is 12.9. The van der Waals surface area contributed by atoms with Crippen molar-refractivity contribution in [2.45, 2.75) is 65.4 Å². The third-order valence-corrected chi connectivity index (χ3v) is 6.00. The van der Waals surface area contributed by atoms with Crippen molar-refractivity contribution in [2.75, 3.05) is 6.54 Å². The highest BCUT2D eigenvalue weighted by molar-refractivity contribution is 5.07. The van der Waals surface area contributed by atoms with Crippen LogP contribution in [0.15, 0.2) is 0 Å². The van der Waals surface area contributed by atoms with Gasteiger partial charge in [0.15, 0.2) is 0 Å². The van der Waals surface area contributed by atoms with Crippen molar-refractivity contribution in [3.8, 4) is 0 Å². The Hall–Kier alpha value is -0.0800. The highest BCUT2D eigenvalue weighted by Gasteiger charge is 2.57. The van der Waals surface area contributed by atoms with Gasteiger partial charge in [-0.05, 0) is 55.9 Å². The summed E-state index contributed by atoms with van der Waals surface area (Å²) in [6, 6.07) is 0. The van der Waals surface area contributed by atoms with Crippen LogP contribution < -0.4 is 5.73 Å². The molecule has 0 aliphatic heterocycles. The largest absolute Gasteiger partial charge is 0.390 e. The minimum absolute atomic E-state index is 0.234. The molecule has 2 aliphatic carbocycles. The van der Waals surface area contributed by atoms with Crippen LogP contribution in [0.1, 0.15) is 59.8 Å². The summed E-state index contributed by atoms with van der Waals surface area (Å²) < 4.78 is 0. The van der Waals surface area contributed by atoms with Gasteiger partial charge in [-0.15, -0.1) is 0 Å². The van der Waals surface area contributed by atoms with Crippen LogP contribution in [0.3, 0.4) is 0 Å². The van der Waals surface area contributed by atoms with Gasteiger partial charge in [0.25, 0.3) is 0 Å². The van der Waals surface area contributed by atoms with Crippen LogP contribution in [-0.2, 0) is 0 Å². The van der Waals surface area contributed by atoms with E-state index in [9.17, 15) is 5.11 Å². The van der Waals surface area contributed by atoms with Crippen LogP contribution in [0.2, 0.25) is 0 Å². The van der Waals surface area contributed by atoms with Gasteiger partial charge in [0.1, 0.15) is 0 Å². The van der Waals surface area contributed by atoms with E-state index < -0.39 is 5.60 Å². The molecule has 2 heteroatoms. The number of hydrogen-bond donors (Lipinski definition) is 2. The first-order valence-corrected chi connectivity index (χ1v) is 7.16. The normalized spacial score (nSPS) is 49.8. The topological polar surface area (TPSA) is 46.2 Å². The lowest BCUT2D eigenvalue weighted by Crippen LogP contribution is -2.59. The summed E-state index contributed by atoms with van der Waals surface area (Å²) in [7, 11) is 0. The maximum Gasteiger partial charge on any atom is 0.0665 e. The first-order chi connectivity index (χ1) is 7.74. The van der Waals surface area contributed by atoms with E-state index in [1.165, 1.54) is 19.3 Å². The van der Waals surface area contributed by atoms with Gasteiger partial charge in [-0.25, -0.2) is 0 Å². The summed E-state index contributed by atoms with van der Waals surface area (Å²) in [5.74, 6) is 0.978. The molecule has 2 saturated carbocycles. The molecule has 2 fully saturated rings. The molecule has 0 spiro atoms. The number of rotatable bonds is 1. The summed E-state index contributed by atoms with van der Waals surface area (Å²) in [4.78, 5) is 0. The van der Waals surface area contributed by atoms with E-state index in [2.05, 4.69) is 20.8 Å². The summed E-state index contributed by atoms with van der Waals surface area (Å²) in [5, 5.41) is 10.6. The van der Waals surface area contributed by atoms with Crippen LogP contribution >= 0.6 is 0 Å². The molecular formula is C15H29NO. The van der Waals surface area contributed by atoms with E-state index in [1.807, 2.05) is 6.92 Å². The summed E-state index contributed by atoms with van der Waals surface area (Å²) in [5.41, 5.74) is 6.09. The fourth-order valence-electron chi connectivity index (χ4n) is 5.15. The molecule has 2 unspecified atom stereocenters. The second-order valence-corrected chi connectivity index (χ2v) is 7.58. The molecule has 17 heavy (non-hydrogen) atoms. The van der Waals surface area contributed by atoms with E-state index in [-0.39, 0.29) is 11.3 Å². The third kappa shape index (κ3) is 1.94. The molecule has 2 nitrogen and oxygen atoms in total. The second kappa shape index (κ2) is 3.96. The highest BCUT2D eigenvalue weighted by atomic mass is 16.3. The summed E-state index contributed by atoms with van der Waals surface area (Å²) in [6.45, 7) is 9.80. The summed E-state index contributed by atoms with van der Waals surface area (Å²) >= 11 is 0. The maximum absolute atomic E-state index is 10.6. The van der Waals surface area contributed by atoms with Crippen LogP contribution in [0.25, 0.3) is 0 Å². The number of nitrogens with two attached hydrogens (primary N) is 1. The Bertz CT molecular complexity index is 285. The molecular weight excluding hydrogens is 210 g/mol. The first kappa shape index (κ1) is 13.4. The quantitative estimate of drug-likeness (QED) is 0.739. The molecule has 2 rings (SSSR count). The maximum atomic E-state index is 10.6. The van der Waals surface area contributed by atoms with E-state index in [1.54, 1.807) is 0 Å². The zero-order valence-electron chi connectivity index (χ0n) is 11.9. The van der Waals surface area contributed by atoms with Gasteiger partial charge in [0.2, 0.25) is 0 Å². The van der Waals surface area contributed by atoms with Crippen molar-refractivity contribution in [1.29, 1.82) is 0 Å². The minimum Gasteiger partial charge on any atom is -0.390 e. The van der Waals surface area contributed by atoms with E-state index in [4.69, 9.17) is 5.73 Å². The predicted molar refractivity (Wildman–Crippen MR) is 71.6 cm³/mol. The van der Waals surface area contributed by atoms with E-state index in [0.29, 0.717) is 12.0 Å². The van der Waals surface area contributed by atoms with Crippen LogP contribution in [-0.4, -0.2) is 17.3 Å². The Balaban J connectivity index is 2.37. The van der Waals surface area contributed by atoms with Crippen LogP contribution in [0.4, 0.5) is 0 Å². The fraction of sp³-hybridized carbons (Fsp3) is 1.00. The average molecular weight is 239 g/mol. The van der Waals surface area contributed by atoms with Gasteiger partial charge in [0, 0.05) is 5.92 Å². The standard InChI is InChI=1S/C15H29NO/c1-13(2)7-5-8-14(3)11(13)6-9-15(4,17)12(14)10-16/h11-12,17H,5-10,16H2,1-4H3/t11?,12-,14?,15+/m1/s1. The van der Waals surface area contributed by atoms with Gasteiger partial charge < -0.3 is 10.8 Å². The number of fused-ring (bicyclic) bond motifs is 1. The molecule has 0 aromatic carbocycles. The van der Waals surface area contributed by atoms with Gasteiger partial charge in [0.05, 0.1) is 5.60 Å². The molecule has 0 aromatic rings. The van der Waals surface area contributed by atoms with Crippen molar-refractivity contribution in [3.63, 3.8) is 0 Å². The molecule has 0 heterocycles. The Morgan fingerprint density at radius 1 is 1.12 bits per heavy atom. The fourth-order valence-corrected chi connectivity index (χ4v) is 5.15. The van der Waals surface area contributed by atoms with E-state index in [0.717, 1.165) is 18.8 Å². The molecule has 0 radical (unpaired) electrons. The van der Waals surface area contributed by atoms with Crippen molar-refractivity contribution in [3.05, 3.63) is 0 Å². The third-order valence-electron chi connectivity index (χ3n) is 6.00. The van der Waals surface area contributed by atoms with Crippen LogP contribution in [0.5, 0.6) is 0 Å². The molecule has 0 bridgehead atoms. The minimum atomic E-state index is -0.562. The number of aliphatic hydroxyl groups is 1. The number of hydrogen-bond acceptors (Lipinski definition) is 2. The summed E-state index contributed by atoms with van der Waals surface area (Å²) in [6.07, 6.45) is 5.92. The van der Waals surface area contributed by atoms with Gasteiger partial charge in [-0.1, -0.05) is 27.2 Å². The van der Waals surface area contributed by atoms with Gasteiger partial charge in [-0.3, -0.25) is 0 Å². The highest BCUT2D eigenvalue weighted by Crippen LogP contribution is 2.61. The lowest BCUT2D eigenvalue weighted by atomic mass is 9.46. The first-order valence-electron chi connectivity index (χ1n) is 7.16. The Morgan fingerprint density at radius 3 is 2.35 bits per heavy atom. The zero-order valence-corrected chi connectivity index (χ0v) is 11.9. The van der Waals surface area contributed by atoms with Gasteiger partial charge >= 0.3 is 0 Å². The SMILES string of the molecule is CC1(C)CCCC2(C)C1CC[C@](C)(O)[C@@H]2CN. The molecule has 100 valence electrons. The van der Waals surface area contributed by atoms with Crippen molar-refractivity contribution >= 4 is 0 Å². The molecule has 3 N–H and O–H groups in total. The smallest absolute Gasteiger partial charge is 0.0665 e. The monoisotopic (exact) mass is 239 g/mol. The molecule has 4 atom stereocenters. The average Bonchev–Trinajstić information content (AvgIpc) is 2.14.